The van der Waals surface area contributed by atoms with Crippen LogP contribution >= 0.6 is 0 Å². The molecule has 1 aliphatic heterocycles. The van der Waals surface area contributed by atoms with Crippen LogP contribution in [0.3, 0.4) is 0 Å². The van der Waals surface area contributed by atoms with E-state index in [9.17, 15) is 4.79 Å². The minimum absolute atomic E-state index is 0.164. The summed E-state index contributed by atoms with van der Waals surface area (Å²) in [4.78, 5) is 13.3. The molecule has 0 amide bonds. The molecular weight excluding hydrogens is 264 g/mol. The summed E-state index contributed by atoms with van der Waals surface area (Å²) in [7, 11) is 0. The van der Waals surface area contributed by atoms with Gasteiger partial charge in [-0.1, -0.05) is 24.3 Å². The summed E-state index contributed by atoms with van der Waals surface area (Å²) in [6.45, 7) is 1.84. The van der Waals surface area contributed by atoms with Gasteiger partial charge >= 0.3 is 5.97 Å². The third-order valence-corrected chi connectivity index (χ3v) is 4.05. The van der Waals surface area contributed by atoms with E-state index < -0.39 is 5.97 Å². The number of fused-ring (bicyclic) bond motifs is 1. The number of carbonyl (C=O) groups is 1. The number of hydrogen-bond donors (Lipinski definition) is 2. The molecule has 2 aromatic carbocycles. The van der Waals surface area contributed by atoms with Gasteiger partial charge in [0.05, 0.1) is 5.56 Å². The number of aromatic carboxylic acids is 1. The first kappa shape index (κ1) is 13.5. The third-order valence-electron chi connectivity index (χ3n) is 4.05. The molecule has 0 atom stereocenters. The molecule has 0 spiro atoms. The Balaban J connectivity index is 1.83. The lowest BCUT2D eigenvalue weighted by atomic mass is 10.0. The highest BCUT2D eigenvalue weighted by Crippen LogP contribution is 2.24. The highest BCUT2D eigenvalue weighted by atomic mass is 16.4. The smallest absolute Gasteiger partial charge is 0.337 e. The topological polar surface area (TPSA) is 66.6 Å². The largest absolute Gasteiger partial charge is 0.478 e. The Bertz CT molecular complexity index is 655. The number of carboxylic acid groups (broad SMARTS) is 1. The zero-order chi connectivity index (χ0) is 14.8. The molecule has 0 bridgehead atoms. The van der Waals surface area contributed by atoms with Gasteiger partial charge in [0, 0.05) is 24.5 Å². The van der Waals surface area contributed by atoms with Crippen LogP contribution in [0.25, 0.3) is 0 Å². The van der Waals surface area contributed by atoms with Gasteiger partial charge in [-0.2, -0.15) is 0 Å². The number of carboxylic acids is 1. The van der Waals surface area contributed by atoms with Crippen molar-refractivity contribution in [1.82, 2.24) is 0 Å². The lowest BCUT2D eigenvalue weighted by Gasteiger charge is -2.23. The Hall–Kier alpha value is -2.49. The van der Waals surface area contributed by atoms with Crippen LogP contribution in [0, 0.1) is 0 Å². The zero-order valence-electron chi connectivity index (χ0n) is 11.7. The Morgan fingerprint density at radius 3 is 2.19 bits per heavy atom. The van der Waals surface area contributed by atoms with E-state index in [0.717, 1.165) is 31.6 Å². The summed E-state index contributed by atoms with van der Waals surface area (Å²) >= 11 is 0. The molecular formula is C17H18N2O2. The van der Waals surface area contributed by atoms with Crippen molar-refractivity contribution in [1.29, 1.82) is 0 Å². The first-order chi connectivity index (χ1) is 10.1. The van der Waals surface area contributed by atoms with Crippen molar-refractivity contribution in [2.24, 2.45) is 0 Å². The van der Waals surface area contributed by atoms with Crippen molar-refractivity contribution < 1.29 is 9.90 Å². The summed E-state index contributed by atoms with van der Waals surface area (Å²) in [6, 6.07) is 13.7. The SMILES string of the molecule is Nc1cc(N2CCc3ccccc3CC2)ccc1C(=O)O. The van der Waals surface area contributed by atoms with E-state index in [1.165, 1.54) is 11.1 Å². The van der Waals surface area contributed by atoms with E-state index >= 15 is 0 Å². The van der Waals surface area contributed by atoms with Crippen molar-refractivity contribution >= 4 is 17.3 Å². The van der Waals surface area contributed by atoms with Gasteiger partial charge in [0.25, 0.3) is 0 Å². The molecule has 0 saturated heterocycles. The van der Waals surface area contributed by atoms with Gasteiger partial charge in [-0.3, -0.25) is 0 Å². The van der Waals surface area contributed by atoms with Crippen LogP contribution in [0.5, 0.6) is 0 Å². The Kier molecular flexibility index (Phi) is 3.52. The number of rotatable bonds is 2. The molecule has 3 rings (SSSR count). The summed E-state index contributed by atoms with van der Waals surface area (Å²) in [5.74, 6) is -0.984. The predicted molar refractivity (Wildman–Crippen MR) is 83.9 cm³/mol. The van der Waals surface area contributed by atoms with E-state index in [4.69, 9.17) is 10.8 Å². The Morgan fingerprint density at radius 1 is 1.05 bits per heavy atom. The van der Waals surface area contributed by atoms with Crippen LogP contribution in [0.4, 0.5) is 11.4 Å². The van der Waals surface area contributed by atoms with Crippen LogP contribution in [0.15, 0.2) is 42.5 Å². The van der Waals surface area contributed by atoms with Crippen LogP contribution in [-0.2, 0) is 12.8 Å². The highest BCUT2D eigenvalue weighted by Gasteiger charge is 2.16. The number of nitrogens with two attached hydrogens (primary N) is 1. The summed E-state index contributed by atoms with van der Waals surface area (Å²) in [6.07, 6.45) is 1.99. The molecule has 0 radical (unpaired) electrons. The first-order valence-corrected chi connectivity index (χ1v) is 7.09. The second kappa shape index (κ2) is 5.48. The Morgan fingerprint density at radius 2 is 1.67 bits per heavy atom. The maximum absolute atomic E-state index is 11.0. The molecule has 3 N–H and O–H groups in total. The number of anilines is 2. The molecule has 0 fully saturated rings. The maximum atomic E-state index is 11.0. The van der Waals surface area contributed by atoms with Crippen LogP contribution in [0.1, 0.15) is 21.5 Å². The van der Waals surface area contributed by atoms with Gasteiger partial charge in [-0.05, 0) is 42.2 Å². The number of nitrogens with zero attached hydrogens (tertiary/aromatic N) is 1. The van der Waals surface area contributed by atoms with Gasteiger partial charge in [0.2, 0.25) is 0 Å². The van der Waals surface area contributed by atoms with E-state index in [1.807, 2.05) is 6.07 Å². The van der Waals surface area contributed by atoms with E-state index in [0.29, 0.717) is 5.69 Å². The quantitative estimate of drug-likeness (QED) is 0.831. The second-order valence-electron chi connectivity index (χ2n) is 5.33. The summed E-state index contributed by atoms with van der Waals surface area (Å²) in [5, 5.41) is 9.04. The molecule has 4 heteroatoms. The molecule has 2 aromatic rings. The lowest BCUT2D eigenvalue weighted by molar-refractivity contribution is 0.0698. The number of hydrogen-bond acceptors (Lipinski definition) is 3. The van der Waals surface area contributed by atoms with Gasteiger partial charge in [0.1, 0.15) is 0 Å². The number of nitrogen functional groups attached to an aromatic ring is 1. The van der Waals surface area contributed by atoms with Crippen molar-refractivity contribution in [3.63, 3.8) is 0 Å². The fourth-order valence-electron chi connectivity index (χ4n) is 2.87. The normalized spacial score (nSPS) is 14.4. The van der Waals surface area contributed by atoms with Gasteiger partial charge in [0.15, 0.2) is 0 Å². The molecule has 108 valence electrons. The lowest BCUT2D eigenvalue weighted by Crippen LogP contribution is -2.26. The maximum Gasteiger partial charge on any atom is 0.337 e. The van der Waals surface area contributed by atoms with Crippen molar-refractivity contribution in [2.45, 2.75) is 12.8 Å². The predicted octanol–water partition coefficient (Wildman–Crippen LogP) is 2.57. The van der Waals surface area contributed by atoms with Crippen molar-refractivity contribution in [2.75, 3.05) is 23.7 Å². The summed E-state index contributed by atoms with van der Waals surface area (Å²) < 4.78 is 0. The molecule has 0 aliphatic carbocycles. The second-order valence-corrected chi connectivity index (χ2v) is 5.33. The van der Waals surface area contributed by atoms with Crippen LogP contribution in [0.2, 0.25) is 0 Å². The minimum atomic E-state index is -0.984. The minimum Gasteiger partial charge on any atom is -0.478 e. The van der Waals surface area contributed by atoms with E-state index in [-0.39, 0.29) is 5.56 Å². The molecule has 0 aromatic heterocycles. The molecule has 0 unspecified atom stereocenters. The average Bonchev–Trinajstić information content (AvgIpc) is 2.69. The van der Waals surface area contributed by atoms with Crippen molar-refractivity contribution in [3.8, 4) is 0 Å². The third kappa shape index (κ3) is 2.70. The number of benzene rings is 2. The Labute approximate surface area is 123 Å². The van der Waals surface area contributed by atoms with Crippen LogP contribution in [-0.4, -0.2) is 24.2 Å². The van der Waals surface area contributed by atoms with Crippen LogP contribution < -0.4 is 10.6 Å². The highest BCUT2D eigenvalue weighted by molar-refractivity contribution is 5.94. The molecule has 21 heavy (non-hydrogen) atoms. The first-order valence-electron chi connectivity index (χ1n) is 7.09. The molecule has 1 heterocycles. The fraction of sp³-hybridized carbons (Fsp3) is 0.235. The molecule has 4 nitrogen and oxygen atoms in total. The fourth-order valence-corrected chi connectivity index (χ4v) is 2.87. The summed E-state index contributed by atoms with van der Waals surface area (Å²) in [5.41, 5.74) is 10.1. The van der Waals surface area contributed by atoms with E-state index in [1.54, 1.807) is 12.1 Å². The van der Waals surface area contributed by atoms with E-state index in [2.05, 4.69) is 29.2 Å². The van der Waals surface area contributed by atoms with Crippen molar-refractivity contribution in [3.05, 3.63) is 59.2 Å². The standard InChI is InChI=1S/C17H18N2O2/c18-16-11-14(5-6-15(16)17(20)21)19-9-7-12-3-1-2-4-13(12)8-10-19/h1-6,11H,7-10,18H2,(H,20,21). The van der Waals surface area contributed by atoms with Gasteiger partial charge in [-0.15, -0.1) is 0 Å². The van der Waals surface area contributed by atoms with Gasteiger partial charge in [-0.25, -0.2) is 4.79 Å². The average molecular weight is 282 g/mol. The molecule has 0 saturated carbocycles. The zero-order valence-corrected chi connectivity index (χ0v) is 11.7. The van der Waals surface area contributed by atoms with Gasteiger partial charge < -0.3 is 15.7 Å². The molecule has 1 aliphatic rings. The monoisotopic (exact) mass is 282 g/mol.